The molecule has 0 spiro atoms. The second-order valence-electron chi connectivity index (χ2n) is 5.39. The van der Waals surface area contributed by atoms with Gasteiger partial charge >= 0.3 is 0 Å². The third-order valence-electron chi connectivity index (χ3n) is 3.78. The average molecular weight is 313 g/mol. The summed E-state index contributed by atoms with van der Waals surface area (Å²) < 4.78 is 5.40. The molecule has 2 aromatic rings. The Bertz CT molecular complexity index is 640. The lowest BCUT2D eigenvalue weighted by Gasteiger charge is -2.12. The minimum absolute atomic E-state index is 0.145. The summed E-state index contributed by atoms with van der Waals surface area (Å²) >= 11 is 0. The van der Waals surface area contributed by atoms with Crippen LogP contribution in [0.15, 0.2) is 48.5 Å². The molecule has 0 bridgehead atoms. The molecule has 1 amide bonds. The van der Waals surface area contributed by atoms with Crippen LogP contribution in [0.1, 0.15) is 30.1 Å². The molecule has 122 valence electrons. The third kappa shape index (κ3) is 4.57. The zero-order valence-electron chi connectivity index (χ0n) is 13.6. The maximum atomic E-state index is 12.3. The lowest BCUT2D eigenvalue weighted by molar-refractivity contribution is 0.0942. The molecule has 0 aromatic heterocycles. The highest BCUT2D eigenvalue weighted by Gasteiger charge is 2.12. The first-order valence-electron chi connectivity index (χ1n) is 7.85. The number of aliphatic hydroxyl groups is 1. The highest BCUT2D eigenvalue weighted by molar-refractivity contribution is 5.96. The van der Waals surface area contributed by atoms with Crippen molar-refractivity contribution in [1.82, 2.24) is 5.32 Å². The van der Waals surface area contributed by atoms with Gasteiger partial charge in [0.05, 0.1) is 13.2 Å². The molecule has 23 heavy (non-hydrogen) atoms. The van der Waals surface area contributed by atoms with E-state index in [0.717, 1.165) is 16.9 Å². The minimum atomic E-state index is -0.369. The van der Waals surface area contributed by atoms with Crippen LogP contribution in [0.25, 0.3) is 11.1 Å². The predicted octanol–water partition coefficient (Wildman–Crippen LogP) is 3.25. The van der Waals surface area contributed by atoms with Crippen molar-refractivity contribution in [3.63, 3.8) is 0 Å². The van der Waals surface area contributed by atoms with Gasteiger partial charge < -0.3 is 15.2 Å². The topological polar surface area (TPSA) is 58.6 Å². The maximum absolute atomic E-state index is 12.3. The number of carbonyl (C=O) groups excluding carboxylic acids is 1. The van der Waals surface area contributed by atoms with Gasteiger partial charge in [-0.15, -0.1) is 0 Å². The van der Waals surface area contributed by atoms with Crippen LogP contribution in [0.4, 0.5) is 0 Å². The molecular formula is C19H23NO3. The van der Waals surface area contributed by atoms with Gasteiger partial charge in [0, 0.05) is 17.7 Å². The standard InChI is InChI=1S/C19H23NO3/c1-3-16(21)11-12-20-19(22)15-9-10-18(23-2)17(13-15)14-7-5-4-6-8-14/h4-10,13,16,21H,3,11-12H2,1-2H3,(H,20,22). The molecule has 4 heteroatoms. The normalized spacial score (nSPS) is 11.8. The molecule has 4 nitrogen and oxygen atoms in total. The summed E-state index contributed by atoms with van der Waals surface area (Å²) in [6, 6.07) is 15.2. The summed E-state index contributed by atoms with van der Waals surface area (Å²) in [5, 5.41) is 12.4. The van der Waals surface area contributed by atoms with E-state index < -0.39 is 0 Å². The number of nitrogens with one attached hydrogen (secondary N) is 1. The number of rotatable bonds is 7. The van der Waals surface area contributed by atoms with Gasteiger partial charge in [-0.05, 0) is 36.6 Å². The Balaban J connectivity index is 2.16. The number of ether oxygens (including phenoxy) is 1. The Labute approximate surface area is 137 Å². The van der Waals surface area contributed by atoms with Crippen LogP contribution in [-0.4, -0.2) is 30.8 Å². The van der Waals surface area contributed by atoms with Crippen molar-refractivity contribution in [2.24, 2.45) is 0 Å². The molecule has 0 aliphatic carbocycles. The molecule has 1 unspecified atom stereocenters. The third-order valence-corrected chi connectivity index (χ3v) is 3.78. The van der Waals surface area contributed by atoms with Crippen LogP contribution >= 0.6 is 0 Å². The van der Waals surface area contributed by atoms with E-state index in [9.17, 15) is 9.90 Å². The van der Waals surface area contributed by atoms with Gasteiger partial charge in [-0.3, -0.25) is 4.79 Å². The van der Waals surface area contributed by atoms with E-state index in [0.29, 0.717) is 24.9 Å². The van der Waals surface area contributed by atoms with E-state index >= 15 is 0 Å². The van der Waals surface area contributed by atoms with Crippen molar-refractivity contribution < 1.29 is 14.6 Å². The monoisotopic (exact) mass is 313 g/mol. The number of amides is 1. The number of carbonyl (C=O) groups is 1. The van der Waals surface area contributed by atoms with Crippen LogP contribution in [0, 0.1) is 0 Å². The van der Waals surface area contributed by atoms with E-state index in [1.807, 2.05) is 43.3 Å². The predicted molar refractivity (Wildman–Crippen MR) is 91.7 cm³/mol. The first kappa shape index (κ1) is 17.0. The second-order valence-corrected chi connectivity index (χ2v) is 5.39. The lowest BCUT2D eigenvalue weighted by atomic mass is 10.0. The molecule has 2 N–H and O–H groups in total. The number of hydrogen-bond donors (Lipinski definition) is 2. The number of aliphatic hydroxyl groups excluding tert-OH is 1. The Morgan fingerprint density at radius 3 is 2.61 bits per heavy atom. The molecule has 0 fully saturated rings. The summed E-state index contributed by atoms with van der Waals surface area (Å²) in [6.07, 6.45) is 0.881. The van der Waals surface area contributed by atoms with Crippen LogP contribution in [0.3, 0.4) is 0 Å². The highest BCUT2D eigenvalue weighted by Crippen LogP contribution is 2.30. The van der Waals surface area contributed by atoms with Gasteiger partial charge in [-0.25, -0.2) is 0 Å². The second kappa shape index (κ2) is 8.34. The Morgan fingerprint density at radius 2 is 1.96 bits per heavy atom. The average Bonchev–Trinajstić information content (AvgIpc) is 2.61. The summed E-state index contributed by atoms with van der Waals surface area (Å²) in [5.74, 6) is 0.585. The number of methoxy groups -OCH3 is 1. The molecule has 2 rings (SSSR count). The Morgan fingerprint density at radius 1 is 1.22 bits per heavy atom. The molecule has 0 radical (unpaired) electrons. The number of benzene rings is 2. The van der Waals surface area contributed by atoms with Crippen molar-refractivity contribution in [1.29, 1.82) is 0 Å². The van der Waals surface area contributed by atoms with Gasteiger partial charge in [0.2, 0.25) is 0 Å². The van der Waals surface area contributed by atoms with Gasteiger partial charge in [-0.2, -0.15) is 0 Å². The SMILES string of the molecule is CCC(O)CCNC(=O)c1ccc(OC)c(-c2ccccc2)c1. The maximum Gasteiger partial charge on any atom is 0.251 e. The van der Waals surface area contributed by atoms with Crippen molar-refractivity contribution in [3.05, 3.63) is 54.1 Å². The van der Waals surface area contributed by atoms with Crippen molar-refractivity contribution in [2.75, 3.05) is 13.7 Å². The summed E-state index contributed by atoms with van der Waals surface area (Å²) in [4.78, 5) is 12.3. The van der Waals surface area contributed by atoms with Crippen LogP contribution in [0.2, 0.25) is 0 Å². The molecule has 0 aliphatic rings. The van der Waals surface area contributed by atoms with E-state index in [1.165, 1.54) is 0 Å². The van der Waals surface area contributed by atoms with Crippen LogP contribution in [-0.2, 0) is 0 Å². The zero-order valence-corrected chi connectivity index (χ0v) is 13.6. The fourth-order valence-electron chi connectivity index (χ4n) is 2.35. The number of hydrogen-bond acceptors (Lipinski definition) is 3. The van der Waals surface area contributed by atoms with Gasteiger partial charge in [0.25, 0.3) is 5.91 Å². The Kier molecular flexibility index (Phi) is 6.18. The van der Waals surface area contributed by atoms with E-state index in [4.69, 9.17) is 4.74 Å². The molecule has 0 saturated carbocycles. The van der Waals surface area contributed by atoms with E-state index in [1.54, 1.807) is 19.2 Å². The molecule has 2 aromatic carbocycles. The van der Waals surface area contributed by atoms with E-state index in [-0.39, 0.29) is 12.0 Å². The largest absolute Gasteiger partial charge is 0.496 e. The molecule has 1 atom stereocenters. The summed E-state index contributed by atoms with van der Waals surface area (Å²) in [7, 11) is 1.62. The first-order chi connectivity index (χ1) is 11.2. The van der Waals surface area contributed by atoms with Gasteiger partial charge in [0.1, 0.15) is 5.75 Å². The van der Waals surface area contributed by atoms with Crippen LogP contribution in [0.5, 0.6) is 5.75 Å². The summed E-state index contributed by atoms with van der Waals surface area (Å²) in [6.45, 7) is 2.38. The summed E-state index contributed by atoms with van der Waals surface area (Å²) in [5.41, 5.74) is 2.46. The van der Waals surface area contributed by atoms with E-state index in [2.05, 4.69) is 5.32 Å². The quantitative estimate of drug-likeness (QED) is 0.825. The Hall–Kier alpha value is -2.33. The van der Waals surface area contributed by atoms with Gasteiger partial charge in [-0.1, -0.05) is 37.3 Å². The fourth-order valence-corrected chi connectivity index (χ4v) is 2.35. The smallest absolute Gasteiger partial charge is 0.251 e. The molecular weight excluding hydrogens is 290 g/mol. The van der Waals surface area contributed by atoms with Crippen LogP contribution < -0.4 is 10.1 Å². The molecule has 0 heterocycles. The molecule has 0 saturated heterocycles. The first-order valence-corrected chi connectivity index (χ1v) is 7.85. The van der Waals surface area contributed by atoms with Crippen molar-refractivity contribution >= 4 is 5.91 Å². The fraction of sp³-hybridized carbons (Fsp3) is 0.316. The lowest BCUT2D eigenvalue weighted by Crippen LogP contribution is -2.27. The molecule has 0 aliphatic heterocycles. The van der Waals surface area contributed by atoms with Gasteiger partial charge in [0.15, 0.2) is 0 Å². The van der Waals surface area contributed by atoms with Crippen molar-refractivity contribution in [2.45, 2.75) is 25.9 Å². The zero-order chi connectivity index (χ0) is 16.7. The highest BCUT2D eigenvalue weighted by atomic mass is 16.5. The van der Waals surface area contributed by atoms with Crippen molar-refractivity contribution in [3.8, 4) is 16.9 Å². The minimum Gasteiger partial charge on any atom is -0.496 e.